The second-order valence-electron chi connectivity index (χ2n) is 2.63. The molecule has 1 rings (SSSR count). The van der Waals surface area contributed by atoms with Gasteiger partial charge in [0.15, 0.2) is 5.92 Å². The standard InChI is InChI=1S/C9H7ClO4.FH2N/c10-6-4-2-1-3-5(6)7(8(11)12)9(13)14;1-2/h1-4,7H,(H,11,12)(H,13,14);2H2. The minimum atomic E-state index is -1.61. The fourth-order valence-electron chi connectivity index (χ4n) is 1.08. The Morgan fingerprint density at radius 2 is 1.62 bits per heavy atom. The Labute approximate surface area is 95.2 Å². The van der Waals surface area contributed by atoms with Crippen LogP contribution in [0.3, 0.4) is 0 Å². The minimum Gasteiger partial charge on any atom is -0.480 e. The number of halogens is 2. The molecular formula is C9H9ClFNO4. The van der Waals surface area contributed by atoms with Gasteiger partial charge in [-0.15, -0.1) is 4.48 Å². The molecule has 0 heterocycles. The summed E-state index contributed by atoms with van der Waals surface area (Å²) in [6.45, 7) is 0. The van der Waals surface area contributed by atoms with Crippen LogP contribution in [0.1, 0.15) is 11.5 Å². The van der Waals surface area contributed by atoms with Gasteiger partial charge in [0.25, 0.3) is 0 Å². The Bertz CT molecular complexity index is 372. The average molecular weight is 250 g/mol. The largest absolute Gasteiger partial charge is 0.480 e. The first-order valence-electron chi connectivity index (χ1n) is 3.96. The van der Waals surface area contributed by atoms with Gasteiger partial charge in [-0.1, -0.05) is 29.8 Å². The van der Waals surface area contributed by atoms with E-state index in [1.807, 2.05) is 0 Å². The highest BCUT2D eigenvalue weighted by Gasteiger charge is 2.29. The van der Waals surface area contributed by atoms with Crippen molar-refractivity contribution in [2.75, 3.05) is 0 Å². The molecule has 0 saturated carbocycles. The summed E-state index contributed by atoms with van der Waals surface area (Å²) in [5.74, 6) is -1.46. The molecule has 4 N–H and O–H groups in total. The van der Waals surface area contributed by atoms with E-state index in [4.69, 9.17) is 26.3 Å². The zero-order chi connectivity index (χ0) is 12.7. The Morgan fingerprint density at radius 1 is 1.19 bits per heavy atom. The molecule has 0 spiro atoms. The number of aliphatic carboxylic acids is 2. The van der Waals surface area contributed by atoms with Gasteiger partial charge < -0.3 is 10.2 Å². The Hall–Kier alpha value is -1.66. The van der Waals surface area contributed by atoms with E-state index < -0.39 is 17.9 Å². The molecule has 0 saturated heterocycles. The first-order valence-corrected chi connectivity index (χ1v) is 4.33. The van der Waals surface area contributed by atoms with Crippen molar-refractivity contribution in [3.8, 4) is 0 Å². The van der Waals surface area contributed by atoms with Crippen LogP contribution in [-0.4, -0.2) is 22.2 Å². The topological polar surface area (TPSA) is 101 Å². The van der Waals surface area contributed by atoms with Gasteiger partial charge in [-0.25, -0.2) is 0 Å². The van der Waals surface area contributed by atoms with Crippen LogP contribution < -0.4 is 5.96 Å². The molecule has 0 unspecified atom stereocenters. The molecule has 0 aliphatic rings. The lowest BCUT2D eigenvalue weighted by molar-refractivity contribution is -0.150. The molecule has 7 heteroatoms. The predicted octanol–water partition coefficient (Wildman–Crippen LogP) is 1.42. The monoisotopic (exact) mass is 249 g/mol. The number of carbonyl (C=O) groups is 2. The van der Waals surface area contributed by atoms with Crippen LogP contribution in [0.25, 0.3) is 0 Å². The fourth-order valence-corrected chi connectivity index (χ4v) is 1.33. The van der Waals surface area contributed by atoms with E-state index in [1.54, 1.807) is 12.1 Å². The third kappa shape index (κ3) is 3.48. The summed E-state index contributed by atoms with van der Waals surface area (Å²) in [6, 6.07) is 5.98. The van der Waals surface area contributed by atoms with Crippen molar-refractivity contribution in [3.63, 3.8) is 0 Å². The number of rotatable bonds is 3. The minimum absolute atomic E-state index is 0.0918. The highest BCUT2D eigenvalue weighted by Crippen LogP contribution is 2.24. The number of benzene rings is 1. The van der Waals surface area contributed by atoms with Crippen molar-refractivity contribution in [2.24, 2.45) is 5.96 Å². The fraction of sp³-hybridized carbons (Fsp3) is 0.111. The van der Waals surface area contributed by atoms with Gasteiger partial charge in [-0.3, -0.25) is 9.59 Å². The summed E-state index contributed by atoms with van der Waals surface area (Å²) in [5.41, 5.74) is 0.0918. The molecule has 5 nitrogen and oxygen atoms in total. The maximum absolute atomic E-state index is 10.7. The van der Waals surface area contributed by atoms with Gasteiger partial charge in [0.1, 0.15) is 0 Å². The van der Waals surface area contributed by atoms with Crippen molar-refractivity contribution in [1.82, 2.24) is 0 Å². The van der Waals surface area contributed by atoms with Crippen molar-refractivity contribution in [1.29, 1.82) is 0 Å². The van der Waals surface area contributed by atoms with Crippen LogP contribution in [0, 0.1) is 0 Å². The third-order valence-corrected chi connectivity index (χ3v) is 2.05. The van der Waals surface area contributed by atoms with Crippen molar-refractivity contribution in [3.05, 3.63) is 34.9 Å². The van der Waals surface area contributed by atoms with E-state index in [2.05, 4.69) is 5.96 Å². The van der Waals surface area contributed by atoms with Crippen LogP contribution in [0.2, 0.25) is 5.02 Å². The summed E-state index contributed by atoms with van der Waals surface area (Å²) in [6.07, 6.45) is 0. The number of hydrogen-bond acceptors (Lipinski definition) is 3. The first-order chi connectivity index (χ1) is 7.54. The van der Waals surface area contributed by atoms with E-state index in [-0.39, 0.29) is 10.6 Å². The maximum Gasteiger partial charge on any atom is 0.322 e. The number of nitrogens with two attached hydrogens (primary N) is 1. The molecule has 88 valence electrons. The molecule has 1 aromatic rings. The highest BCUT2D eigenvalue weighted by atomic mass is 35.5. The molecule has 0 aromatic heterocycles. The van der Waals surface area contributed by atoms with Gasteiger partial charge >= 0.3 is 11.9 Å². The zero-order valence-electron chi connectivity index (χ0n) is 7.93. The second-order valence-corrected chi connectivity index (χ2v) is 3.04. The van der Waals surface area contributed by atoms with Gasteiger partial charge in [0.05, 0.1) is 0 Å². The van der Waals surface area contributed by atoms with Crippen LogP contribution >= 0.6 is 11.6 Å². The van der Waals surface area contributed by atoms with E-state index in [1.165, 1.54) is 12.1 Å². The van der Waals surface area contributed by atoms with Crippen LogP contribution in [0.15, 0.2) is 24.3 Å². The molecule has 0 amide bonds. The average Bonchev–Trinajstić information content (AvgIpc) is 2.23. The molecular weight excluding hydrogens is 241 g/mol. The molecule has 0 radical (unpaired) electrons. The summed E-state index contributed by atoms with van der Waals surface area (Å²) in [5, 5.41) is 17.5. The highest BCUT2D eigenvalue weighted by molar-refractivity contribution is 6.32. The Kier molecular flexibility index (Phi) is 6.06. The Balaban J connectivity index is 0.00000106. The van der Waals surface area contributed by atoms with Gasteiger partial charge in [0.2, 0.25) is 0 Å². The smallest absolute Gasteiger partial charge is 0.322 e. The summed E-state index contributed by atoms with van der Waals surface area (Å²) < 4.78 is 9.00. The predicted molar refractivity (Wildman–Crippen MR) is 54.8 cm³/mol. The zero-order valence-corrected chi connectivity index (χ0v) is 8.69. The van der Waals surface area contributed by atoms with E-state index >= 15 is 0 Å². The van der Waals surface area contributed by atoms with E-state index in [9.17, 15) is 9.59 Å². The number of hydrogen-bond donors (Lipinski definition) is 3. The van der Waals surface area contributed by atoms with Crippen molar-refractivity contribution >= 4 is 23.5 Å². The molecule has 0 bridgehead atoms. The molecule has 16 heavy (non-hydrogen) atoms. The molecule has 0 aliphatic carbocycles. The second kappa shape index (κ2) is 6.76. The van der Waals surface area contributed by atoms with Crippen LogP contribution in [-0.2, 0) is 9.59 Å². The van der Waals surface area contributed by atoms with Gasteiger partial charge in [-0.05, 0) is 11.6 Å². The third-order valence-electron chi connectivity index (χ3n) is 1.71. The van der Waals surface area contributed by atoms with Crippen LogP contribution in [0.4, 0.5) is 4.48 Å². The van der Waals surface area contributed by atoms with E-state index in [0.29, 0.717) is 0 Å². The maximum atomic E-state index is 10.7. The summed E-state index contributed by atoms with van der Waals surface area (Å²) in [4.78, 5) is 21.3. The summed E-state index contributed by atoms with van der Waals surface area (Å²) in [7, 11) is 0. The van der Waals surface area contributed by atoms with Crippen molar-refractivity contribution in [2.45, 2.75) is 5.92 Å². The quantitative estimate of drug-likeness (QED) is 0.556. The molecule has 0 aliphatic heterocycles. The van der Waals surface area contributed by atoms with Crippen LogP contribution in [0.5, 0.6) is 0 Å². The molecule has 1 aromatic carbocycles. The lowest BCUT2D eigenvalue weighted by Gasteiger charge is -2.08. The first kappa shape index (κ1) is 14.3. The lowest BCUT2D eigenvalue weighted by Crippen LogP contribution is -2.21. The molecule has 0 fully saturated rings. The van der Waals surface area contributed by atoms with Crippen molar-refractivity contribution < 1.29 is 24.3 Å². The number of carboxylic acids is 2. The Morgan fingerprint density at radius 3 is 2.00 bits per heavy atom. The summed E-state index contributed by atoms with van der Waals surface area (Å²) >= 11 is 5.68. The van der Waals surface area contributed by atoms with Gasteiger partial charge in [0, 0.05) is 5.02 Å². The normalized spacial score (nSPS) is 9.25. The lowest BCUT2D eigenvalue weighted by atomic mass is 10.00. The molecule has 0 atom stereocenters. The van der Waals surface area contributed by atoms with E-state index in [0.717, 1.165) is 0 Å². The SMILES string of the molecule is NF.O=C(O)C(C(=O)O)c1ccccc1Cl. The number of carboxylic acid groups (broad SMARTS) is 2. The van der Waals surface area contributed by atoms with Gasteiger partial charge in [-0.2, -0.15) is 5.96 Å².